The second-order valence-electron chi connectivity index (χ2n) is 11.0. The van der Waals surface area contributed by atoms with Crippen molar-refractivity contribution in [2.24, 2.45) is 0 Å². The number of nitriles is 1. The standard InChI is InChI=1S/C32H35N5O3/c1-4-7-29-28(19-23-10-11-26(21(2)18-23)27-9-6-5-8-24(27)20-33)30(38)36(31-34-22(3)35-37(29)31)25-12-14-32(15-13-25)39-16-17-40-32/h5-6,8-11,18,25H,4,7,12-17,19H2,1-3H3. The van der Waals surface area contributed by atoms with Crippen molar-refractivity contribution in [3.05, 3.63) is 86.6 Å². The minimum absolute atomic E-state index is 0.0121. The molecule has 2 aliphatic rings. The molecule has 1 aliphatic carbocycles. The van der Waals surface area contributed by atoms with Crippen molar-refractivity contribution in [1.29, 1.82) is 5.26 Å². The predicted octanol–water partition coefficient (Wildman–Crippen LogP) is 5.45. The van der Waals surface area contributed by atoms with Gasteiger partial charge in [0, 0.05) is 30.9 Å². The summed E-state index contributed by atoms with van der Waals surface area (Å²) in [7, 11) is 0. The molecule has 2 fully saturated rings. The molecule has 0 bridgehead atoms. The molecule has 0 radical (unpaired) electrons. The van der Waals surface area contributed by atoms with Crippen LogP contribution in [0.25, 0.3) is 16.9 Å². The van der Waals surface area contributed by atoms with Gasteiger partial charge in [-0.1, -0.05) is 49.7 Å². The molecular formula is C32H35N5O3. The zero-order valence-electron chi connectivity index (χ0n) is 23.4. The summed E-state index contributed by atoms with van der Waals surface area (Å²) in [6.07, 6.45) is 5.26. The Balaban J connectivity index is 1.41. The summed E-state index contributed by atoms with van der Waals surface area (Å²) in [6.45, 7) is 7.34. The van der Waals surface area contributed by atoms with Crippen LogP contribution in [0, 0.1) is 25.2 Å². The number of hydrogen-bond acceptors (Lipinski definition) is 6. The van der Waals surface area contributed by atoms with Crippen LogP contribution < -0.4 is 5.56 Å². The fraction of sp³-hybridized carbons (Fsp3) is 0.438. The van der Waals surface area contributed by atoms with Gasteiger partial charge in [-0.15, -0.1) is 0 Å². The summed E-state index contributed by atoms with van der Waals surface area (Å²) >= 11 is 0. The first-order valence-electron chi connectivity index (χ1n) is 14.3. The predicted molar refractivity (Wildman–Crippen MR) is 152 cm³/mol. The van der Waals surface area contributed by atoms with Crippen molar-refractivity contribution in [3.63, 3.8) is 0 Å². The van der Waals surface area contributed by atoms with E-state index < -0.39 is 5.79 Å². The van der Waals surface area contributed by atoms with E-state index in [-0.39, 0.29) is 11.6 Å². The van der Waals surface area contributed by atoms with Crippen LogP contribution in [0.3, 0.4) is 0 Å². The molecule has 0 unspecified atom stereocenters. The van der Waals surface area contributed by atoms with Crippen LogP contribution in [-0.4, -0.2) is 38.2 Å². The Labute approximate surface area is 234 Å². The Hall–Kier alpha value is -3.80. The molecule has 1 aliphatic heterocycles. The summed E-state index contributed by atoms with van der Waals surface area (Å²) < 4.78 is 15.7. The molecule has 1 spiro atoms. The van der Waals surface area contributed by atoms with Crippen LogP contribution in [0.1, 0.15) is 78.8 Å². The maximum absolute atomic E-state index is 14.3. The fourth-order valence-corrected chi connectivity index (χ4v) is 6.47. The van der Waals surface area contributed by atoms with Gasteiger partial charge in [0.05, 0.1) is 30.5 Å². The van der Waals surface area contributed by atoms with E-state index in [0.29, 0.717) is 36.8 Å². The maximum Gasteiger partial charge on any atom is 0.259 e. The molecule has 6 rings (SSSR count). The average Bonchev–Trinajstić information content (AvgIpc) is 3.58. The van der Waals surface area contributed by atoms with Gasteiger partial charge in [-0.25, -0.2) is 4.52 Å². The number of benzene rings is 2. The molecule has 0 amide bonds. The Morgan fingerprint density at radius 1 is 1.07 bits per heavy atom. The van der Waals surface area contributed by atoms with Gasteiger partial charge in [-0.05, 0) is 61.4 Å². The summed E-state index contributed by atoms with van der Waals surface area (Å²) in [5.41, 5.74) is 6.47. The summed E-state index contributed by atoms with van der Waals surface area (Å²) in [5.74, 6) is 0.797. The van der Waals surface area contributed by atoms with E-state index in [1.807, 2.05) is 40.3 Å². The van der Waals surface area contributed by atoms with Gasteiger partial charge < -0.3 is 9.47 Å². The van der Waals surface area contributed by atoms with E-state index in [1.54, 1.807) is 0 Å². The van der Waals surface area contributed by atoms with Crippen LogP contribution in [0.5, 0.6) is 0 Å². The van der Waals surface area contributed by atoms with Gasteiger partial charge in [0.15, 0.2) is 5.79 Å². The molecule has 0 atom stereocenters. The lowest BCUT2D eigenvalue weighted by Gasteiger charge is -2.36. The van der Waals surface area contributed by atoms with E-state index in [1.165, 1.54) is 0 Å². The number of ether oxygens (including phenoxy) is 2. The van der Waals surface area contributed by atoms with E-state index in [4.69, 9.17) is 19.6 Å². The monoisotopic (exact) mass is 537 g/mol. The van der Waals surface area contributed by atoms with Crippen molar-refractivity contribution in [1.82, 2.24) is 19.2 Å². The van der Waals surface area contributed by atoms with Crippen LogP contribution >= 0.6 is 0 Å². The van der Waals surface area contributed by atoms with Crippen LogP contribution in [0.15, 0.2) is 47.3 Å². The smallest absolute Gasteiger partial charge is 0.259 e. The van der Waals surface area contributed by atoms with E-state index in [2.05, 4.69) is 38.1 Å². The molecule has 0 N–H and O–H groups in total. The molecule has 2 aromatic heterocycles. The third-order valence-corrected chi connectivity index (χ3v) is 8.38. The third-order valence-electron chi connectivity index (χ3n) is 8.38. The number of hydrogen-bond donors (Lipinski definition) is 0. The SMILES string of the molecule is CCCc1c(Cc2ccc(-c3ccccc3C#N)c(C)c2)c(=O)n(C2CCC3(CC2)OCCO3)c2nc(C)nn12. The molecule has 8 nitrogen and oxygen atoms in total. The average molecular weight is 538 g/mol. The van der Waals surface area contributed by atoms with Crippen LogP contribution in [0.4, 0.5) is 0 Å². The van der Waals surface area contributed by atoms with E-state index >= 15 is 0 Å². The molecule has 2 aromatic carbocycles. The lowest BCUT2D eigenvalue weighted by Crippen LogP contribution is -2.39. The van der Waals surface area contributed by atoms with Gasteiger partial charge in [0.1, 0.15) is 5.82 Å². The first-order chi connectivity index (χ1) is 19.4. The molecular weight excluding hydrogens is 502 g/mol. The highest BCUT2D eigenvalue weighted by Gasteiger charge is 2.41. The summed E-state index contributed by atoms with van der Waals surface area (Å²) in [4.78, 5) is 19.1. The Morgan fingerprint density at radius 2 is 1.82 bits per heavy atom. The van der Waals surface area contributed by atoms with Crippen molar-refractivity contribution in [2.75, 3.05) is 13.2 Å². The lowest BCUT2D eigenvalue weighted by molar-refractivity contribution is -0.181. The Kier molecular flexibility index (Phi) is 7.03. The molecule has 4 aromatic rings. The topological polar surface area (TPSA) is 94.4 Å². The van der Waals surface area contributed by atoms with Crippen molar-refractivity contribution < 1.29 is 9.47 Å². The second kappa shape index (κ2) is 10.6. The number of aryl methyl sites for hydroxylation is 3. The van der Waals surface area contributed by atoms with Crippen molar-refractivity contribution in [3.8, 4) is 17.2 Å². The molecule has 40 heavy (non-hydrogen) atoms. The minimum Gasteiger partial charge on any atom is -0.348 e. The minimum atomic E-state index is -0.492. The fourth-order valence-electron chi connectivity index (χ4n) is 6.47. The molecule has 1 saturated heterocycles. The highest BCUT2D eigenvalue weighted by Crippen LogP contribution is 2.40. The third kappa shape index (κ3) is 4.63. The summed E-state index contributed by atoms with van der Waals surface area (Å²) in [5, 5.41) is 14.4. The normalized spacial score (nSPS) is 17.1. The van der Waals surface area contributed by atoms with Crippen molar-refractivity contribution >= 4 is 5.78 Å². The van der Waals surface area contributed by atoms with Gasteiger partial charge in [0.25, 0.3) is 5.56 Å². The molecule has 1 saturated carbocycles. The Morgan fingerprint density at radius 3 is 2.52 bits per heavy atom. The number of rotatable bonds is 6. The van der Waals surface area contributed by atoms with Crippen molar-refractivity contribution in [2.45, 2.75) is 77.5 Å². The second-order valence-corrected chi connectivity index (χ2v) is 11.0. The number of fused-ring (bicyclic) bond motifs is 1. The largest absolute Gasteiger partial charge is 0.348 e. The Bertz CT molecular complexity index is 1660. The quantitative estimate of drug-likeness (QED) is 0.325. The highest BCUT2D eigenvalue weighted by atomic mass is 16.7. The lowest BCUT2D eigenvalue weighted by atomic mass is 9.89. The molecule has 8 heteroatoms. The van der Waals surface area contributed by atoms with E-state index in [9.17, 15) is 10.1 Å². The highest BCUT2D eigenvalue weighted by molar-refractivity contribution is 5.73. The van der Waals surface area contributed by atoms with Gasteiger partial charge in [0.2, 0.25) is 5.78 Å². The summed E-state index contributed by atoms with van der Waals surface area (Å²) in [6, 6.07) is 16.3. The number of nitrogens with zero attached hydrogens (tertiary/aromatic N) is 5. The van der Waals surface area contributed by atoms with Crippen LogP contribution in [0.2, 0.25) is 0 Å². The van der Waals surface area contributed by atoms with Gasteiger partial charge in [-0.2, -0.15) is 15.3 Å². The molecule has 3 heterocycles. The molecule has 206 valence electrons. The maximum atomic E-state index is 14.3. The first kappa shape index (κ1) is 26.4. The van der Waals surface area contributed by atoms with Gasteiger partial charge >= 0.3 is 0 Å². The number of aromatic nitrogens is 4. The first-order valence-corrected chi connectivity index (χ1v) is 14.3. The van der Waals surface area contributed by atoms with E-state index in [0.717, 1.165) is 72.0 Å². The van der Waals surface area contributed by atoms with Crippen LogP contribution in [-0.2, 0) is 22.3 Å². The zero-order valence-corrected chi connectivity index (χ0v) is 23.4. The van der Waals surface area contributed by atoms with Gasteiger partial charge in [-0.3, -0.25) is 9.36 Å². The zero-order chi connectivity index (χ0) is 27.9.